The van der Waals surface area contributed by atoms with Crippen molar-refractivity contribution in [2.24, 2.45) is 5.92 Å². The van der Waals surface area contributed by atoms with E-state index in [4.69, 9.17) is 9.84 Å². The first-order valence-corrected chi connectivity index (χ1v) is 9.64. The molecule has 5 rings (SSSR count). The van der Waals surface area contributed by atoms with Crippen molar-refractivity contribution in [3.05, 3.63) is 35.5 Å². The van der Waals surface area contributed by atoms with Crippen molar-refractivity contribution < 1.29 is 29.3 Å². The van der Waals surface area contributed by atoms with Gasteiger partial charge >= 0.3 is 11.9 Å². The number of carbonyl (C=O) groups excluding carboxylic acids is 1. The minimum atomic E-state index is -1.39. The molecule has 0 aliphatic carbocycles. The second-order valence-electron chi connectivity index (χ2n) is 7.66. The van der Waals surface area contributed by atoms with Gasteiger partial charge in [0.1, 0.15) is 11.4 Å². The van der Waals surface area contributed by atoms with Gasteiger partial charge in [-0.25, -0.2) is 9.59 Å². The Balaban J connectivity index is 1.59. The van der Waals surface area contributed by atoms with Crippen LogP contribution >= 0.6 is 0 Å². The molecular weight excluding hydrogens is 378 g/mol. The van der Waals surface area contributed by atoms with Crippen molar-refractivity contribution in [3.63, 3.8) is 0 Å². The quantitative estimate of drug-likeness (QED) is 0.628. The molecule has 9 heteroatoms. The molecule has 4 aliphatic heterocycles. The minimum Gasteiger partial charge on any atom is -0.478 e. The lowest BCUT2D eigenvalue weighted by molar-refractivity contribution is -0.135. The van der Waals surface area contributed by atoms with Crippen molar-refractivity contribution in [3.8, 4) is 5.75 Å². The summed E-state index contributed by atoms with van der Waals surface area (Å²) in [5.74, 6) is -2.12. The maximum Gasteiger partial charge on any atom is 0.352 e. The van der Waals surface area contributed by atoms with Crippen LogP contribution in [0.25, 0.3) is 0 Å². The number of amides is 1. The SMILES string of the molecule is CC1Oc2ccc(C(=O)N[C@H]3CN4CCC3CC4)cc2N1/C(=C/C(=O)O)C(=O)O. The molecule has 3 N–H and O–H groups in total. The Morgan fingerprint density at radius 2 is 1.93 bits per heavy atom. The lowest BCUT2D eigenvalue weighted by atomic mass is 9.84. The van der Waals surface area contributed by atoms with E-state index in [0.717, 1.165) is 32.5 Å². The predicted molar refractivity (Wildman–Crippen MR) is 103 cm³/mol. The maximum absolute atomic E-state index is 12.8. The predicted octanol–water partition coefficient (Wildman–Crippen LogP) is 1.11. The van der Waals surface area contributed by atoms with E-state index in [0.29, 0.717) is 29.0 Å². The lowest BCUT2D eigenvalue weighted by Gasteiger charge is -2.44. The van der Waals surface area contributed by atoms with Gasteiger partial charge < -0.3 is 25.2 Å². The van der Waals surface area contributed by atoms with E-state index in [-0.39, 0.29) is 11.9 Å². The smallest absolute Gasteiger partial charge is 0.352 e. The normalized spacial score (nSPS) is 27.9. The number of nitrogens with zero attached hydrogens (tertiary/aromatic N) is 2. The summed E-state index contributed by atoms with van der Waals surface area (Å²) in [7, 11) is 0. The van der Waals surface area contributed by atoms with E-state index in [9.17, 15) is 19.5 Å². The Labute approximate surface area is 167 Å². The number of carbonyl (C=O) groups is 3. The van der Waals surface area contributed by atoms with Crippen LogP contribution in [-0.2, 0) is 9.59 Å². The molecule has 154 valence electrons. The highest BCUT2D eigenvalue weighted by Gasteiger charge is 2.36. The fourth-order valence-electron chi connectivity index (χ4n) is 4.44. The van der Waals surface area contributed by atoms with Crippen LogP contribution in [0.2, 0.25) is 0 Å². The Kier molecular flexibility index (Phi) is 4.91. The van der Waals surface area contributed by atoms with Gasteiger partial charge in [-0.2, -0.15) is 0 Å². The van der Waals surface area contributed by atoms with Crippen LogP contribution in [0.3, 0.4) is 0 Å². The van der Waals surface area contributed by atoms with E-state index < -0.39 is 23.9 Å². The number of fused-ring (bicyclic) bond motifs is 4. The van der Waals surface area contributed by atoms with E-state index >= 15 is 0 Å². The molecule has 29 heavy (non-hydrogen) atoms. The largest absolute Gasteiger partial charge is 0.478 e. The number of piperidine rings is 3. The van der Waals surface area contributed by atoms with Gasteiger partial charge in [0.05, 0.1) is 11.8 Å². The molecule has 0 spiro atoms. The van der Waals surface area contributed by atoms with E-state index in [1.54, 1.807) is 25.1 Å². The van der Waals surface area contributed by atoms with Crippen LogP contribution in [0.4, 0.5) is 5.69 Å². The van der Waals surface area contributed by atoms with Crippen molar-refractivity contribution in [2.75, 3.05) is 24.5 Å². The molecular formula is C20H23N3O6. The number of rotatable bonds is 5. The number of carboxylic acids is 2. The van der Waals surface area contributed by atoms with Crippen LogP contribution in [0.1, 0.15) is 30.1 Å². The summed E-state index contributed by atoms with van der Waals surface area (Å²) in [6.45, 7) is 4.62. The van der Waals surface area contributed by atoms with Gasteiger partial charge in [-0.3, -0.25) is 9.69 Å². The number of hydrogen-bond acceptors (Lipinski definition) is 6. The van der Waals surface area contributed by atoms with Crippen LogP contribution in [-0.4, -0.2) is 64.9 Å². The van der Waals surface area contributed by atoms with E-state index in [1.165, 1.54) is 4.90 Å². The number of anilines is 1. The van der Waals surface area contributed by atoms with Gasteiger partial charge in [0, 0.05) is 18.2 Å². The molecule has 9 nitrogen and oxygen atoms in total. The zero-order valence-electron chi connectivity index (χ0n) is 16.0. The number of hydrogen-bond donors (Lipinski definition) is 3. The summed E-state index contributed by atoms with van der Waals surface area (Å²) in [5.41, 5.74) is 0.302. The van der Waals surface area contributed by atoms with Gasteiger partial charge in [-0.15, -0.1) is 0 Å². The Hall–Kier alpha value is -3.07. The molecule has 3 fully saturated rings. The average Bonchev–Trinajstić information content (AvgIpc) is 3.01. The highest BCUT2D eigenvalue weighted by molar-refractivity contribution is 6.00. The molecule has 0 saturated carbocycles. The van der Waals surface area contributed by atoms with Crippen LogP contribution in [0, 0.1) is 5.92 Å². The standard InChI is InChI=1S/C20H23N3O6/c1-11-23(16(20(27)28)9-18(24)25)15-8-13(2-3-17(15)29-11)19(26)21-14-10-22-6-4-12(14)5-7-22/h2-3,8-9,11-12,14H,4-7,10H2,1H3,(H,21,26)(H,24,25)(H,27,28)/b16-9+/t11?,14-/m0/s1. The van der Waals surface area contributed by atoms with Crippen molar-refractivity contribution in [1.82, 2.24) is 10.2 Å². The van der Waals surface area contributed by atoms with Crippen LogP contribution in [0.5, 0.6) is 5.75 Å². The van der Waals surface area contributed by atoms with Crippen molar-refractivity contribution >= 4 is 23.5 Å². The highest BCUT2D eigenvalue weighted by Crippen LogP contribution is 2.40. The molecule has 0 aromatic heterocycles. The number of ether oxygens (including phenoxy) is 1. The lowest BCUT2D eigenvalue weighted by Crippen LogP contribution is -2.57. The third-order valence-electron chi connectivity index (χ3n) is 5.85. The van der Waals surface area contributed by atoms with Crippen LogP contribution < -0.4 is 15.0 Å². The Bertz CT molecular complexity index is 890. The topological polar surface area (TPSA) is 119 Å². The Morgan fingerprint density at radius 3 is 2.52 bits per heavy atom. The maximum atomic E-state index is 12.8. The number of carboxylic acid groups (broad SMARTS) is 2. The molecule has 1 aromatic rings. The molecule has 1 aromatic carbocycles. The van der Waals surface area contributed by atoms with Crippen molar-refractivity contribution in [1.29, 1.82) is 0 Å². The zero-order chi connectivity index (χ0) is 20.7. The van der Waals surface area contributed by atoms with Gasteiger partial charge in [0.15, 0.2) is 6.23 Å². The summed E-state index contributed by atoms with van der Waals surface area (Å²) < 4.78 is 5.65. The molecule has 1 unspecified atom stereocenters. The highest BCUT2D eigenvalue weighted by atomic mass is 16.5. The summed E-state index contributed by atoms with van der Waals surface area (Å²) in [5, 5.41) is 21.6. The summed E-state index contributed by atoms with van der Waals surface area (Å²) in [6.07, 6.45) is 2.07. The van der Waals surface area contributed by atoms with Gasteiger partial charge in [0.25, 0.3) is 5.91 Å². The fourth-order valence-corrected chi connectivity index (χ4v) is 4.44. The molecule has 3 saturated heterocycles. The molecule has 1 amide bonds. The summed E-state index contributed by atoms with van der Waals surface area (Å²) in [4.78, 5) is 39.2. The first kappa shape index (κ1) is 19.3. The minimum absolute atomic E-state index is 0.103. The third kappa shape index (κ3) is 3.65. The van der Waals surface area contributed by atoms with E-state index in [2.05, 4.69) is 10.2 Å². The number of nitrogens with one attached hydrogen (secondary N) is 1. The van der Waals surface area contributed by atoms with Gasteiger partial charge in [-0.1, -0.05) is 0 Å². The second-order valence-corrected chi connectivity index (χ2v) is 7.66. The monoisotopic (exact) mass is 401 g/mol. The third-order valence-corrected chi connectivity index (χ3v) is 5.85. The molecule has 4 aliphatic rings. The summed E-state index contributed by atoms with van der Waals surface area (Å²) in [6, 6.07) is 4.89. The number of benzene rings is 1. The first-order chi connectivity index (χ1) is 13.8. The fraction of sp³-hybridized carbons (Fsp3) is 0.450. The number of aliphatic carboxylic acids is 2. The summed E-state index contributed by atoms with van der Waals surface area (Å²) >= 11 is 0. The Morgan fingerprint density at radius 1 is 1.21 bits per heavy atom. The molecule has 0 radical (unpaired) electrons. The van der Waals surface area contributed by atoms with Gasteiger partial charge in [0.2, 0.25) is 0 Å². The zero-order valence-corrected chi connectivity index (χ0v) is 16.0. The average molecular weight is 401 g/mol. The van der Waals surface area contributed by atoms with Crippen molar-refractivity contribution in [2.45, 2.75) is 32.0 Å². The molecule has 4 heterocycles. The van der Waals surface area contributed by atoms with E-state index in [1.807, 2.05) is 0 Å². The second kappa shape index (κ2) is 7.40. The van der Waals surface area contributed by atoms with Crippen LogP contribution in [0.15, 0.2) is 30.0 Å². The molecule has 2 bridgehead atoms. The first-order valence-electron chi connectivity index (χ1n) is 9.64. The molecule has 2 atom stereocenters. The van der Waals surface area contributed by atoms with Gasteiger partial charge in [-0.05, 0) is 57.0 Å².